The molecule has 7 heteroatoms. The van der Waals surface area contributed by atoms with Crippen molar-refractivity contribution in [1.82, 2.24) is 14.5 Å². The molecule has 0 saturated carbocycles. The molecule has 202 valence electrons. The third-order valence-electron chi connectivity index (χ3n) is 7.61. The molecule has 7 nitrogen and oxygen atoms in total. The Morgan fingerprint density at radius 2 is 1.71 bits per heavy atom. The summed E-state index contributed by atoms with van der Waals surface area (Å²) in [4.78, 5) is 20.9. The second-order valence-electron chi connectivity index (χ2n) is 10.6. The first kappa shape index (κ1) is 27.6. The van der Waals surface area contributed by atoms with Crippen molar-refractivity contribution < 1.29 is 14.4 Å². The molecule has 0 amide bonds. The Morgan fingerprint density at radius 1 is 1.03 bits per heavy atom. The molecule has 4 aromatic rings. The van der Waals surface area contributed by atoms with E-state index < -0.39 is 5.97 Å². The number of carboxylic acids is 1. The SMILES string of the molecule is CC.CCCCc1nc2c(N)nc3cc(C(=O)O)ccc3c2n1Cc1ccc(C[N+]2(C)CCCCC2)cc1. The first-order valence-corrected chi connectivity index (χ1v) is 14.1. The standard InChI is InChI=1S/C29H35N5O2.C2H6/c1-3-4-8-25-32-26-27(23-14-13-22(29(35)36)17-24(23)31-28(26)30)33(25)18-20-9-11-21(12-10-20)19-34(2)15-6-5-7-16-34;1-2/h9-14,17H,3-8,15-16,18-19H2,1-2H3,(H2-,30,31,35,36);1-2H3/p+1. The van der Waals surface area contributed by atoms with Gasteiger partial charge in [-0.2, -0.15) is 0 Å². The minimum absolute atomic E-state index is 0.201. The van der Waals surface area contributed by atoms with Crippen LogP contribution in [0.4, 0.5) is 5.82 Å². The van der Waals surface area contributed by atoms with Gasteiger partial charge in [0.2, 0.25) is 0 Å². The number of hydrogen-bond acceptors (Lipinski definition) is 4. The highest BCUT2D eigenvalue weighted by Crippen LogP contribution is 2.31. The lowest BCUT2D eigenvalue weighted by molar-refractivity contribution is -0.926. The summed E-state index contributed by atoms with van der Waals surface area (Å²) in [5.41, 5.74) is 11.3. The van der Waals surface area contributed by atoms with Gasteiger partial charge in [0.15, 0.2) is 5.82 Å². The average molecular weight is 517 g/mol. The Bertz CT molecular complexity index is 1400. The number of anilines is 1. The van der Waals surface area contributed by atoms with Crippen molar-refractivity contribution in [1.29, 1.82) is 0 Å². The third-order valence-corrected chi connectivity index (χ3v) is 7.61. The van der Waals surface area contributed by atoms with Crippen molar-refractivity contribution in [3.05, 3.63) is 65.0 Å². The number of pyridine rings is 1. The van der Waals surface area contributed by atoms with Crippen LogP contribution in [0.25, 0.3) is 21.9 Å². The summed E-state index contributed by atoms with van der Waals surface area (Å²) in [5, 5.41) is 10.3. The number of quaternary nitrogens is 1. The third kappa shape index (κ3) is 5.83. The van der Waals surface area contributed by atoms with Gasteiger partial charge in [0, 0.05) is 23.9 Å². The maximum atomic E-state index is 11.5. The second-order valence-corrected chi connectivity index (χ2v) is 10.6. The first-order chi connectivity index (χ1) is 18.4. The quantitative estimate of drug-likeness (QED) is 0.264. The number of nitrogens with zero attached hydrogens (tertiary/aromatic N) is 4. The van der Waals surface area contributed by atoms with E-state index in [2.05, 4.69) is 47.8 Å². The fourth-order valence-electron chi connectivity index (χ4n) is 5.59. The zero-order chi connectivity index (χ0) is 27.3. The molecule has 5 rings (SSSR count). The highest BCUT2D eigenvalue weighted by molar-refractivity contribution is 6.08. The number of hydrogen-bond donors (Lipinski definition) is 2. The van der Waals surface area contributed by atoms with Gasteiger partial charge >= 0.3 is 5.97 Å². The van der Waals surface area contributed by atoms with Gasteiger partial charge in [0.25, 0.3) is 0 Å². The Morgan fingerprint density at radius 3 is 2.37 bits per heavy atom. The van der Waals surface area contributed by atoms with E-state index in [1.807, 2.05) is 19.9 Å². The Balaban J connectivity index is 0.00000164. The van der Waals surface area contributed by atoms with Crippen molar-refractivity contribution in [2.24, 2.45) is 0 Å². The summed E-state index contributed by atoms with van der Waals surface area (Å²) >= 11 is 0. The van der Waals surface area contributed by atoms with Crippen LogP contribution in [-0.4, -0.2) is 50.2 Å². The van der Waals surface area contributed by atoms with E-state index in [1.165, 1.54) is 43.5 Å². The highest BCUT2D eigenvalue weighted by atomic mass is 16.4. The van der Waals surface area contributed by atoms with Gasteiger partial charge in [-0.1, -0.05) is 51.5 Å². The molecule has 1 aliphatic heterocycles. The van der Waals surface area contributed by atoms with Crippen LogP contribution in [0, 0.1) is 0 Å². The molecule has 1 fully saturated rings. The Labute approximate surface area is 225 Å². The molecule has 1 saturated heterocycles. The maximum absolute atomic E-state index is 11.5. The Kier molecular flexibility index (Phi) is 8.67. The number of fused-ring (bicyclic) bond motifs is 3. The number of likely N-dealkylation sites (tertiary alicyclic amines) is 1. The molecule has 0 atom stereocenters. The van der Waals surface area contributed by atoms with Gasteiger partial charge < -0.3 is 19.9 Å². The molecule has 2 aromatic carbocycles. The number of aryl methyl sites for hydroxylation is 1. The molecule has 0 aliphatic carbocycles. The van der Waals surface area contributed by atoms with Gasteiger partial charge in [-0.05, 0) is 49.4 Å². The number of carboxylic acid groups (broad SMARTS) is 1. The number of nitrogen functional groups attached to an aromatic ring is 1. The summed E-state index contributed by atoms with van der Waals surface area (Å²) in [7, 11) is 2.38. The van der Waals surface area contributed by atoms with Crippen LogP contribution in [0.3, 0.4) is 0 Å². The van der Waals surface area contributed by atoms with Crippen LogP contribution in [0.1, 0.15) is 80.2 Å². The fraction of sp³-hybridized carbons (Fsp3) is 0.452. The number of unbranched alkanes of at least 4 members (excludes halogenated alkanes) is 1. The molecule has 0 unspecified atom stereocenters. The molecule has 3 N–H and O–H groups in total. The van der Waals surface area contributed by atoms with Gasteiger partial charge in [-0.15, -0.1) is 0 Å². The van der Waals surface area contributed by atoms with Gasteiger partial charge in [0.05, 0.1) is 36.7 Å². The van der Waals surface area contributed by atoms with E-state index in [4.69, 9.17) is 10.7 Å². The maximum Gasteiger partial charge on any atom is 0.335 e. The van der Waals surface area contributed by atoms with Gasteiger partial charge in [-0.25, -0.2) is 14.8 Å². The summed E-state index contributed by atoms with van der Waals surface area (Å²) in [6.45, 7) is 10.5. The molecule has 0 spiro atoms. The minimum Gasteiger partial charge on any atom is -0.478 e. The number of carbonyl (C=O) groups is 1. The van der Waals surface area contributed by atoms with Crippen molar-refractivity contribution in [2.75, 3.05) is 25.9 Å². The van der Waals surface area contributed by atoms with Crippen molar-refractivity contribution in [2.45, 2.75) is 72.4 Å². The van der Waals surface area contributed by atoms with Gasteiger partial charge in [0.1, 0.15) is 17.9 Å². The summed E-state index contributed by atoms with van der Waals surface area (Å²) < 4.78 is 3.38. The van der Waals surface area contributed by atoms with Crippen LogP contribution in [0.5, 0.6) is 0 Å². The molecule has 38 heavy (non-hydrogen) atoms. The van der Waals surface area contributed by atoms with Crippen LogP contribution in [0.15, 0.2) is 42.5 Å². The number of benzene rings is 2. The largest absolute Gasteiger partial charge is 0.478 e. The topological polar surface area (TPSA) is 94.0 Å². The lowest BCUT2D eigenvalue weighted by atomic mass is 10.1. The number of aromatic carboxylic acids is 1. The lowest BCUT2D eigenvalue weighted by Crippen LogP contribution is -2.46. The number of rotatable bonds is 8. The van der Waals surface area contributed by atoms with E-state index in [0.717, 1.165) is 47.0 Å². The molecule has 0 bridgehead atoms. The smallest absolute Gasteiger partial charge is 0.335 e. The molecule has 0 radical (unpaired) electrons. The molecular formula is C31H42N5O2+. The summed E-state index contributed by atoms with van der Waals surface area (Å²) in [6, 6.07) is 14.1. The molecular weight excluding hydrogens is 474 g/mol. The molecule has 1 aliphatic rings. The minimum atomic E-state index is -0.977. The van der Waals surface area contributed by atoms with E-state index in [1.54, 1.807) is 12.1 Å². The van der Waals surface area contributed by atoms with E-state index >= 15 is 0 Å². The second kappa shape index (κ2) is 11.9. The zero-order valence-corrected chi connectivity index (χ0v) is 23.3. The van der Waals surface area contributed by atoms with Gasteiger partial charge in [-0.3, -0.25) is 0 Å². The number of nitrogens with two attached hydrogens (primary N) is 1. The van der Waals surface area contributed by atoms with Crippen LogP contribution < -0.4 is 5.73 Å². The normalized spacial score (nSPS) is 14.8. The lowest BCUT2D eigenvalue weighted by Gasteiger charge is -2.37. The fourth-order valence-corrected chi connectivity index (χ4v) is 5.59. The first-order valence-electron chi connectivity index (χ1n) is 14.1. The highest BCUT2D eigenvalue weighted by Gasteiger charge is 2.25. The monoisotopic (exact) mass is 516 g/mol. The number of piperidine rings is 1. The predicted octanol–water partition coefficient (Wildman–Crippen LogP) is 6.41. The van der Waals surface area contributed by atoms with Crippen molar-refractivity contribution in [3.63, 3.8) is 0 Å². The van der Waals surface area contributed by atoms with E-state index in [9.17, 15) is 9.90 Å². The summed E-state index contributed by atoms with van der Waals surface area (Å²) in [6.07, 6.45) is 6.97. The van der Waals surface area contributed by atoms with Crippen LogP contribution >= 0.6 is 0 Å². The zero-order valence-electron chi connectivity index (χ0n) is 23.3. The van der Waals surface area contributed by atoms with Crippen molar-refractivity contribution >= 4 is 33.7 Å². The average Bonchev–Trinajstić information content (AvgIpc) is 3.28. The number of aromatic nitrogens is 3. The van der Waals surface area contributed by atoms with Crippen LogP contribution in [0.2, 0.25) is 0 Å². The summed E-state index contributed by atoms with van der Waals surface area (Å²) in [5.74, 6) is 0.353. The van der Waals surface area contributed by atoms with Crippen molar-refractivity contribution in [3.8, 4) is 0 Å². The molecule has 2 aromatic heterocycles. The van der Waals surface area contributed by atoms with Crippen LogP contribution in [-0.2, 0) is 19.5 Å². The molecule has 3 heterocycles. The van der Waals surface area contributed by atoms with E-state index in [0.29, 0.717) is 23.4 Å². The predicted molar refractivity (Wildman–Crippen MR) is 155 cm³/mol. The number of imidazole rings is 1. The van der Waals surface area contributed by atoms with E-state index in [-0.39, 0.29) is 5.56 Å². The Hall–Kier alpha value is -3.45.